The van der Waals surface area contributed by atoms with Crippen LogP contribution in [0.25, 0.3) is 10.4 Å². The highest BCUT2D eigenvalue weighted by atomic mass is 35.7. The summed E-state index contributed by atoms with van der Waals surface area (Å²) in [5.41, 5.74) is 0.253. The molecule has 8 nitrogen and oxygen atoms in total. The molecule has 0 bridgehead atoms. The van der Waals surface area contributed by atoms with Crippen LogP contribution in [0.15, 0.2) is 6.20 Å². The summed E-state index contributed by atoms with van der Waals surface area (Å²) < 4.78 is 34.0. The lowest BCUT2D eigenvalue weighted by molar-refractivity contribution is -2.00. The normalized spacial score (nSPS) is 11.0. The first-order valence-electron chi connectivity index (χ1n) is 5.74. The van der Waals surface area contributed by atoms with Gasteiger partial charge in [0.15, 0.2) is 5.75 Å². The number of H-pyrrole nitrogens is 1. The van der Waals surface area contributed by atoms with Crippen LogP contribution in [-0.4, -0.2) is 24.3 Å². The smallest absolute Gasteiger partial charge is 0.333 e. The van der Waals surface area contributed by atoms with Gasteiger partial charge in [0.1, 0.15) is 22.0 Å². The minimum atomic E-state index is -4.94. The number of rotatable bonds is 2. The standard InChI is InChI=1S/C11H9Cl3N2O2S.ClHO4/c1-16(2)11-15-3-4(19-11)5-6(12)10(18)8(14)7(13)9(5)17;2-1(3,4)5/h3,17-18H,1-2H3;(H,2,3,4,5). The first-order chi connectivity index (χ1) is 10.8. The zero-order chi connectivity index (χ0) is 18.8. The molecule has 0 aliphatic heterocycles. The Hall–Kier alpha value is -0.750. The van der Waals surface area contributed by atoms with Crippen LogP contribution in [0.3, 0.4) is 0 Å². The predicted octanol–water partition coefficient (Wildman–Crippen LogP) is -1.09. The van der Waals surface area contributed by atoms with E-state index < -0.39 is 10.2 Å². The summed E-state index contributed by atoms with van der Waals surface area (Å²) in [6.45, 7) is 0. The maximum atomic E-state index is 10.1. The molecule has 0 atom stereocenters. The molecule has 0 amide bonds. The average molecular weight is 440 g/mol. The molecule has 0 aliphatic carbocycles. The third-order valence-electron chi connectivity index (χ3n) is 2.46. The molecule has 0 saturated carbocycles. The summed E-state index contributed by atoms with van der Waals surface area (Å²) in [5, 5.41) is 20.4. The van der Waals surface area contributed by atoms with Crippen LogP contribution < -0.4 is 28.5 Å². The molecule has 1 heterocycles. The Morgan fingerprint density at radius 3 is 1.88 bits per heavy atom. The monoisotopic (exact) mass is 438 g/mol. The molecular formula is C11H10Cl4N2O6S. The third kappa shape index (κ3) is 5.38. The first-order valence-corrected chi connectivity index (χ1v) is 8.92. The third-order valence-corrected chi connectivity index (χ3v) is 4.88. The second-order valence-electron chi connectivity index (χ2n) is 4.35. The van der Waals surface area contributed by atoms with E-state index in [4.69, 9.17) is 53.4 Å². The Morgan fingerprint density at radius 1 is 1.00 bits per heavy atom. The molecule has 134 valence electrons. The number of anilines is 1. The number of nitrogens with one attached hydrogen (secondary N) is 1. The lowest BCUT2D eigenvalue weighted by Crippen LogP contribution is -2.68. The summed E-state index contributed by atoms with van der Waals surface area (Å²) in [7, 11) is -1.19. The van der Waals surface area contributed by atoms with Gasteiger partial charge >= 0.3 is 5.13 Å². The van der Waals surface area contributed by atoms with Gasteiger partial charge in [-0.2, -0.15) is 0 Å². The minimum Gasteiger partial charge on any atom is -0.506 e. The van der Waals surface area contributed by atoms with E-state index in [0.29, 0.717) is 4.88 Å². The Bertz CT molecular complexity index is 699. The van der Waals surface area contributed by atoms with Crippen LogP contribution in [0.4, 0.5) is 5.13 Å². The van der Waals surface area contributed by atoms with Crippen LogP contribution in [-0.2, 0) is 0 Å². The van der Waals surface area contributed by atoms with Crippen molar-refractivity contribution in [3.8, 4) is 21.9 Å². The highest BCUT2D eigenvalue weighted by molar-refractivity contribution is 7.18. The van der Waals surface area contributed by atoms with Gasteiger partial charge in [-0.05, 0) is 11.3 Å². The van der Waals surface area contributed by atoms with Gasteiger partial charge in [-0.1, -0.05) is 34.8 Å². The van der Waals surface area contributed by atoms with Gasteiger partial charge in [0.05, 0.1) is 29.6 Å². The van der Waals surface area contributed by atoms with Gasteiger partial charge in [-0.15, -0.1) is 10.2 Å². The SMILES string of the molecule is CN(C)c1[nH+]cc(-c2c(O)c(Cl)c(Cl)c(O)c2Cl)s1.[O-][Cl+3]([O-])([O-])[O-]. The summed E-state index contributed by atoms with van der Waals surface area (Å²) in [6, 6.07) is 0. The zero-order valence-electron chi connectivity index (χ0n) is 12.0. The number of thiazole rings is 1. The number of phenolic OH excluding ortho intramolecular Hbond substituents is 2. The number of aromatic nitrogens is 1. The number of phenols is 2. The van der Waals surface area contributed by atoms with Crippen molar-refractivity contribution in [1.82, 2.24) is 0 Å². The Balaban J connectivity index is 0.000000505. The van der Waals surface area contributed by atoms with Crippen molar-refractivity contribution in [3.63, 3.8) is 0 Å². The fourth-order valence-corrected chi connectivity index (χ4v) is 3.18. The lowest BCUT2D eigenvalue weighted by atomic mass is 10.1. The highest BCUT2D eigenvalue weighted by Crippen LogP contribution is 2.51. The van der Waals surface area contributed by atoms with Crippen LogP contribution in [0.1, 0.15) is 0 Å². The van der Waals surface area contributed by atoms with Crippen molar-refractivity contribution in [1.29, 1.82) is 0 Å². The minimum absolute atomic E-state index is 0.0348. The van der Waals surface area contributed by atoms with Crippen LogP contribution >= 0.6 is 46.1 Å². The fraction of sp³-hybridized carbons (Fsp3) is 0.182. The number of halogens is 4. The van der Waals surface area contributed by atoms with Crippen molar-refractivity contribution in [2.45, 2.75) is 0 Å². The van der Waals surface area contributed by atoms with Crippen molar-refractivity contribution in [2.75, 3.05) is 19.0 Å². The number of hydrogen-bond donors (Lipinski definition) is 2. The molecule has 0 fully saturated rings. The number of aromatic hydroxyl groups is 2. The van der Waals surface area contributed by atoms with E-state index in [1.165, 1.54) is 11.3 Å². The maximum absolute atomic E-state index is 10.1. The van der Waals surface area contributed by atoms with Crippen molar-refractivity contribution in [2.24, 2.45) is 0 Å². The Morgan fingerprint density at radius 2 is 1.46 bits per heavy atom. The number of aromatic amines is 1. The second kappa shape index (κ2) is 8.09. The van der Waals surface area contributed by atoms with E-state index in [1.807, 2.05) is 19.0 Å². The summed E-state index contributed by atoms with van der Waals surface area (Å²) >= 11 is 19.0. The van der Waals surface area contributed by atoms with Crippen molar-refractivity contribution >= 4 is 51.3 Å². The van der Waals surface area contributed by atoms with E-state index in [-0.39, 0.29) is 32.1 Å². The van der Waals surface area contributed by atoms with Gasteiger partial charge < -0.3 is 10.2 Å². The maximum Gasteiger partial charge on any atom is 0.333 e. The number of benzene rings is 1. The quantitative estimate of drug-likeness (QED) is 0.445. The van der Waals surface area contributed by atoms with Gasteiger partial charge in [0.25, 0.3) is 0 Å². The molecule has 0 spiro atoms. The summed E-state index contributed by atoms with van der Waals surface area (Å²) in [4.78, 5) is 5.54. The zero-order valence-corrected chi connectivity index (χ0v) is 15.8. The molecule has 3 N–H and O–H groups in total. The lowest BCUT2D eigenvalue weighted by Gasteiger charge is -2.17. The van der Waals surface area contributed by atoms with Gasteiger partial charge in [-0.3, -0.25) is 4.90 Å². The molecule has 13 heteroatoms. The first kappa shape index (κ1) is 21.3. The van der Waals surface area contributed by atoms with Crippen LogP contribution in [0, 0.1) is 10.2 Å². The van der Waals surface area contributed by atoms with E-state index in [0.717, 1.165) is 5.13 Å². The van der Waals surface area contributed by atoms with Crippen LogP contribution in [0.2, 0.25) is 15.1 Å². The van der Waals surface area contributed by atoms with Gasteiger partial charge in [0.2, 0.25) is 0 Å². The largest absolute Gasteiger partial charge is 0.506 e. The molecular weight excluding hydrogens is 430 g/mol. The van der Waals surface area contributed by atoms with Gasteiger partial charge in [0, 0.05) is 0 Å². The molecule has 1 aromatic carbocycles. The second-order valence-corrected chi connectivity index (χ2v) is 7.27. The molecule has 0 unspecified atom stereocenters. The number of hydrogen-bond acceptors (Lipinski definition) is 8. The molecule has 2 aromatic rings. The van der Waals surface area contributed by atoms with Crippen molar-refractivity contribution < 1.29 is 44.1 Å². The van der Waals surface area contributed by atoms with E-state index in [9.17, 15) is 10.2 Å². The van der Waals surface area contributed by atoms with E-state index in [1.54, 1.807) is 6.20 Å². The highest BCUT2D eigenvalue weighted by Gasteiger charge is 2.24. The average Bonchev–Trinajstić information content (AvgIpc) is 2.91. The number of nitrogens with zero attached hydrogens (tertiary/aromatic N) is 1. The van der Waals surface area contributed by atoms with Crippen molar-refractivity contribution in [3.05, 3.63) is 21.3 Å². The van der Waals surface area contributed by atoms with E-state index in [2.05, 4.69) is 4.98 Å². The topological polar surface area (TPSA) is 150 Å². The Kier molecular flexibility index (Phi) is 7.17. The van der Waals surface area contributed by atoms with E-state index >= 15 is 0 Å². The van der Waals surface area contributed by atoms with Crippen LogP contribution in [0.5, 0.6) is 11.5 Å². The molecule has 1 aromatic heterocycles. The predicted molar refractivity (Wildman–Crippen MR) is 79.0 cm³/mol. The molecule has 24 heavy (non-hydrogen) atoms. The van der Waals surface area contributed by atoms with Gasteiger partial charge in [-0.25, -0.2) is 23.6 Å². The Labute approximate surface area is 157 Å². The molecule has 0 saturated heterocycles. The summed E-state index contributed by atoms with van der Waals surface area (Å²) in [5.74, 6) is -0.601. The molecule has 0 radical (unpaired) electrons. The molecule has 0 aliphatic rings. The summed E-state index contributed by atoms with van der Waals surface area (Å²) in [6.07, 6.45) is 1.67. The molecule has 2 rings (SSSR count). The fourth-order valence-electron chi connectivity index (χ4n) is 1.50.